The third-order valence-corrected chi connectivity index (χ3v) is 6.39. The number of carbonyl (C=O) groups excluding carboxylic acids is 1. The van der Waals surface area contributed by atoms with E-state index in [1.165, 1.54) is 11.6 Å². The topological polar surface area (TPSA) is 61.9 Å². The maximum atomic E-state index is 13.9. The van der Waals surface area contributed by atoms with Crippen molar-refractivity contribution >= 4 is 27.8 Å². The maximum Gasteiger partial charge on any atom is 0.253 e. The van der Waals surface area contributed by atoms with Gasteiger partial charge in [-0.2, -0.15) is 0 Å². The quantitative estimate of drug-likeness (QED) is 0.487. The van der Waals surface area contributed by atoms with Crippen LogP contribution in [0.2, 0.25) is 0 Å². The minimum absolute atomic E-state index is 0.0208. The summed E-state index contributed by atoms with van der Waals surface area (Å²) in [7, 11) is 3.50. The summed E-state index contributed by atoms with van der Waals surface area (Å²) < 4.78 is 13.9. The fourth-order valence-corrected chi connectivity index (χ4v) is 4.83. The first-order valence-corrected chi connectivity index (χ1v) is 10.7. The van der Waals surface area contributed by atoms with Crippen molar-refractivity contribution < 1.29 is 9.18 Å². The molecule has 1 amide bonds. The fraction of sp³-hybridized carbons (Fsp3) is 0.320. The van der Waals surface area contributed by atoms with Gasteiger partial charge >= 0.3 is 0 Å². The molecular weight excluding hydrogens is 391 g/mol. The number of rotatable bonds is 3. The van der Waals surface area contributed by atoms with Crippen LogP contribution < -0.4 is 0 Å². The summed E-state index contributed by atoms with van der Waals surface area (Å²) >= 11 is 0. The lowest BCUT2D eigenvalue weighted by Crippen LogP contribution is -2.21. The van der Waals surface area contributed by atoms with Gasteiger partial charge in [0, 0.05) is 37.2 Å². The van der Waals surface area contributed by atoms with Crippen molar-refractivity contribution in [3.05, 3.63) is 71.4 Å². The van der Waals surface area contributed by atoms with E-state index < -0.39 is 0 Å². The van der Waals surface area contributed by atoms with Gasteiger partial charge in [-0.15, -0.1) is 0 Å². The summed E-state index contributed by atoms with van der Waals surface area (Å²) in [6, 6.07) is 12.5. The first-order chi connectivity index (χ1) is 15.0. The smallest absolute Gasteiger partial charge is 0.253 e. The Morgan fingerprint density at radius 1 is 1.06 bits per heavy atom. The SMILES string of the molecule is CN(C)C(=O)c1ccc2nc(C3CCCC(c4ccnc5ccc(F)cc45)C3)[nH]c2c1. The monoisotopic (exact) mass is 416 g/mol. The third-order valence-electron chi connectivity index (χ3n) is 6.39. The van der Waals surface area contributed by atoms with Crippen molar-refractivity contribution in [3.63, 3.8) is 0 Å². The van der Waals surface area contributed by atoms with E-state index in [0.717, 1.165) is 53.4 Å². The van der Waals surface area contributed by atoms with Crippen molar-refractivity contribution in [1.82, 2.24) is 19.9 Å². The highest BCUT2D eigenvalue weighted by molar-refractivity contribution is 5.97. The lowest BCUT2D eigenvalue weighted by Gasteiger charge is -2.29. The van der Waals surface area contributed by atoms with E-state index in [0.29, 0.717) is 17.4 Å². The number of H-pyrrole nitrogens is 1. The van der Waals surface area contributed by atoms with Crippen LogP contribution in [0.25, 0.3) is 21.9 Å². The van der Waals surface area contributed by atoms with Gasteiger partial charge in [-0.3, -0.25) is 9.78 Å². The number of halogens is 1. The van der Waals surface area contributed by atoms with E-state index in [-0.39, 0.29) is 11.7 Å². The van der Waals surface area contributed by atoms with Gasteiger partial charge in [-0.05, 0) is 73.2 Å². The highest BCUT2D eigenvalue weighted by Gasteiger charge is 2.28. The first kappa shape index (κ1) is 19.7. The van der Waals surface area contributed by atoms with Gasteiger partial charge in [0.25, 0.3) is 5.91 Å². The molecule has 6 heteroatoms. The van der Waals surface area contributed by atoms with Crippen molar-refractivity contribution in [2.75, 3.05) is 14.1 Å². The second-order valence-electron chi connectivity index (χ2n) is 8.68. The number of imidazole rings is 1. The van der Waals surface area contributed by atoms with Crippen molar-refractivity contribution in [2.45, 2.75) is 37.5 Å². The van der Waals surface area contributed by atoms with Crippen LogP contribution in [0, 0.1) is 5.82 Å². The average Bonchev–Trinajstić information content (AvgIpc) is 3.21. The summed E-state index contributed by atoms with van der Waals surface area (Å²) in [4.78, 5) is 26.6. The third kappa shape index (κ3) is 3.67. The number of carbonyl (C=O) groups is 1. The van der Waals surface area contributed by atoms with Gasteiger partial charge in [-0.1, -0.05) is 6.42 Å². The zero-order valence-corrected chi connectivity index (χ0v) is 17.7. The van der Waals surface area contributed by atoms with Gasteiger partial charge in [0.2, 0.25) is 0 Å². The minimum atomic E-state index is -0.227. The molecule has 0 bridgehead atoms. The Hall–Kier alpha value is -3.28. The predicted octanol–water partition coefficient (Wildman–Crippen LogP) is 5.39. The Balaban J connectivity index is 1.45. The number of pyridine rings is 1. The molecule has 158 valence electrons. The van der Waals surface area contributed by atoms with Crippen LogP contribution in [0.4, 0.5) is 4.39 Å². The number of hydrogen-bond acceptors (Lipinski definition) is 3. The van der Waals surface area contributed by atoms with Gasteiger partial charge in [0.05, 0.1) is 16.6 Å². The largest absolute Gasteiger partial charge is 0.345 e. The van der Waals surface area contributed by atoms with E-state index in [9.17, 15) is 9.18 Å². The number of aromatic amines is 1. The van der Waals surface area contributed by atoms with Crippen LogP contribution in [0.15, 0.2) is 48.7 Å². The molecule has 0 aliphatic heterocycles. The zero-order chi connectivity index (χ0) is 21.5. The number of hydrogen-bond donors (Lipinski definition) is 1. The van der Waals surface area contributed by atoms with Gasteiger partial charge < -0.3 is 9.88 Å². The van der Waals surface area contributed by atoms with Crippen molar-refractivity contribution in [3.8, 4) is 0 Å². The maximum absolute atomic E-state index is 13.9. The zero-order valence-electron chi connectivity index (χ0n) is 17.7. The summed E-state index contributed by atoms with van der Waals surface area (Å²) in [6.07, 6.45) is 6.02. The average molecular weight is 417 g/mol. The highest BCUT2D eigenvalue weighted by atomic mass is 19.1. The molecule has 0 spiro atoms. The number of aromatic nitrogens is 3. The molecule has 31 heavy (non-hydrogen) atoms. The van der Waals surface area contributed by atoms with Crippen LogP contribution in [0.3, 0.4) is 0 Å². The standard InChI is InChI=1S/C25H25FN4O/c1-30(2)25(31)17-6-8-22-23(13-17)29-24(28-22)16-5-3-4-15(12-16)19-10-11-27-21-9-7-18(26)14-20(19)21/h6-11,13-16H,3-5,12H2,1-2H3,(H,28,29). The Kier molecular flexibility index (Phi) is 4.93. The molecule has 0 radical (unpaired) electrons. The van der Waals surface area contributed by atoms with E-state index >= 15 is 0 Å². The van der Waals surface area contributed by atoms with Crippen molar-refractivity contribution in [2.24, 2.45) is 0 Å². The molecule has 2 aromatic heterocycles. The minimum Gasteiger partial charge on any atom is -0.345 e. The Labute approximate surface area is 180 Å². The van der Waals surface area contributed by atoms with Crippen molar-refractivity contribution in [1.29, 1.82) is 0 Å². The van der Waals surface area contributed by atoms with E-state index in [4.69, 9.17) is 4.98 Å². The summed E-state index contributed by atoms with van der Waals surface area (Å²) in [5, 5.41) is 0.907. The molecule has 4 aromatic rings. The first-order valence-electron chi connectivity index (χ1n) is 10.7. The lowest BCUT2D eigenvalue weighted by atomic mass is 9.77. The van der Waals surface area contributed by atoms with Crippen LogP contribution >= 0.6 is 0 Å². The van der Waals surface area contributed by atoms with Gasteiger partial charge in [-0.25, -0.2) is 9.37 Å². The lowest BCUT2D eigenvalue weighted by molar-refractivity contribution is 0.0827. The molecule has 1 N–H and O–H groups in total. The summed E-state index contributed by atoms with van der Waals surface area (Å²) in [6.45, 7) is 0. The van der Waals surface area contributed by atoms with Crippen LogP contribution in [0.1, 0.15) is 59.3 Å². The molecule has 2 aromatic carbocycles. The van der Waals surface area contributed by atoms with Gasteiger partial charge in [0.1, 0.15) is 11.6 Å². The molecular formula is C25H25FN4O. The number of benzene rings is 2. The number of fused-ring (bicyclic) bond motifs is 2. The number of nitrogens with one attached hydrogen (secondary N) is 1. The molecule has 1 saturated carbocycles. The molecule has 2 atom stereocenters. The van der Waals surface area contributed by atoms with E-state index in [1.807, 2.05) is 30.5 Å². The number of amides is 1. The van der Waals surface area contributed by atoms with E-state index in [1.54, 1.807) is 31.1 Å². The molecule has 1 fully saturated rings. The fourth-order valence-electron chi connectivity index (χ4n) is 4.83. The van der Waals surface area contributed by atoms with Crippen LogP contribution in [-0.2, 0) is 0 Å². The van der Waals surface area contributed by atoms with Crippen LogP contribution in [-0.4, -0.2) is 39.9 Å². The summed E-state index contributed by atoms with van der Waals surface area (Å²) in [5.74, 6) is 1.36. The number of nitrogens with zero attached hydrogens (tertiary/aromatic N) is 3. The molecule has 0 saturated heterocycles. The second-order valence-corrected chi connectivity index (χ2v) is 8.68. The van der Waals surface area contributed by atoms with Crippen LogP contribution in [0.5, 0.6) is 0 Å². The van der Waals surface area contributed by atoms with E-state index in [2.05, 4.69) is 9.97 Å². The molecule has 1 aliphatic rings. The molecule has 1 aliphatic carbocycles. The molecule has 5 nitrogen and oxygen atoms in total. The Morgan fingerprint density at radius 2 is 1.87 bits per heavy atom. The Morgan fingerprint density at radius 3 is 2.71 bits per heavy atom. The predicted molar refractivity (Wildman–Crippen MR) is 120 cm³/mol. The second kappa shape index (κ2) is 7.76. The molecule has 2 heterocycles. The highest BCUT2D eigenvalue weighted by Crippen LogP contribution is 2.42. The molecule has 2 unspecified atom stereocenters. The van der Waals surface area contributed by atoms with Gasteiger partial charge in [0.15, 0.2) is 0 Å². The Bertz CT molecular complexity index is 1280. The summed E-state index contributed by atoms with van der Waals surface area (Å²) in [5.41, 5.74) is 4.43. The normalized spacial score (nSPS) is 19.1. The molecule has 5 rings (SSSR count).